The molecule has 1 aromatic carbocycles. The summed E-state index contributed by atoms with van der Waals surface area (Å²) in [5, 5.41) is 3.59. The number of ether oxygens (including phenoxy) is 1. The van der Waals surface area contributed by atoms with Gasteiger partial charge in [0.2, 0.25) is 0 Å². The van der Waals surface area contributed by atoms with Crippen LogP contribution in [-0.2, 0) is 11.3 Å². The molecule has 0 amide bonds. The fraction of sp³-hybridized carbons (Fsp3) is 0.231. The summed E-state index contributed by atoms with van der Waals surface area (Å²) in [4.78, 5) is 8.41. The number of benzene rings is 1. The van der Waals surface area contributed by atoms with Gasteiger partial charge < -0.3 is 10.1 Å². The third kappa shape index (κ3) is 3.89. The molecule has 0 saturated carbocycles. The second-order valence-corrected chi connectivity index (χ2v) is 5.26. The van der Waals surface area contributed by atoms with E-state index in [9.17, 15) is 0 Å². The van der Waals surface area contributed by atoms with Crippen molar-refractivity contribution in [1.82, 2.24) is 9.97 Å². The van der Waals surface area contributed by atoms with Crippen LogP contribution in [0.25, 0.3) is 0 Å². The van der Waals surface area contributed by atoms with Crippen molar-refractivity contribution in [3.8, 4) is 0 Å². The van der Waals surface area contributed by atoms with Crippen LogP contribution in [0.3, 0.4) is 0 Å². The van der Waals surface area contributed by atoms with Gasteiger partial charge in [-0.1, -0.05) is 27.5 Å². The van der Waals surface area contributed by atoms with Crippen molar-refractivity contribution in [2.45, 2.75) is 13.5 Å². The van der Waals surface area contributed by atoms with Gasteiger partial charge in [-0.15, -0.1) is 0 Å². The molecule has 2 rings (SSSR count). The Morgan fingerprint density at radius 1 is 1.32 bits per heavy atom. The highest BCUT2D eigenvalue weighted by Crippen LogP contribution is 2.23. The zero-order valence-electron chi connectivity index (χ0n) is 10.6. The Morgan fingerprint density at radius 3 is 2.79 bits per heavy atom. The van der Waals surface area contributed by atoms with Crippen LogP contribution in [0.5, 0.6) is 0 Å². The molecule has 0 radical (unpaired) electrons. The van der Waals surface area contributed by atoms with Crippen molar-refractivity contribution in [3.05, 3.63) is 45.3 Å². The number of halogens is 2. The van der Waals surface area contributed by atoms with Crippen LogP contribution in [0.2, 0.25) is 5.15 Å². The van der Waals surface area contributed by atoms with Gasteiger partial charge >= 0.3 is 0 Å². The van der Waals surface area contributed by atoms with Gasteiger partial charge in [0, 0.05) is 23.3 Å². The maximum Gasteiger partial charge on any atom is 0.158 e. The SMILES string of the molecule is COCc1nc(Cl)cc(Nc2ccc(Br)c(C)c2)n1. The summed E-state index contributed by atoms with van der Waals surface area (Å²) in [5.41, 5.74) is 2.08. The van der Waals surface area contributed by atoms with E-state index < -0.39 is 0 Å². The molecule has 0 fully saturated rings. The van der Waals surface area contributed by atoms with E-state index in [-0.39, 0.29) is 0 Å². The van der Waals surface area contributed by atoms with Crippen LogP contribution in [0.1, 0.15) is 11.4 Å². The molecule has 0 saturated heterocycles. The van der Waals surface area contributed by atoms with Crippen LogP contribution < -0.4 is 5.32 Å². The quantitative estimate of drug-likeness (QED) is 0.850. The van der Waals surface area contributed by atoms with Crippen molar-refractivity contribution in [2.75, 3.05) is 12.4 Å². The Labute approximate surface area is 125 Å². The zero-order valence-corrected chi connectivity index (χ0v) is 12.9. The van der Waals surface area contributed by atoms with E-state index >= 15 is 0 Å². The fourth-order valence-corrected chi connectivity index (χ4v) is 2.04. The first kappa shape index (κ1) is 14.2. The summed E-state index contributed by atoms with van der Waals surface area (Å²) in [6.45, 7) is 2.35. The number of methoxy groups -OCH3 is 1. The van der Waals surface area contributed by atoms with Crippen molar-refractivity contribution in [2.24, 2.45) is 0 Å². The highest BCUT2D eigenvalue weighted by Gasteiger charge is 2.04. The number of aryl methyl sites for hydroxylation is 1. The van der Waals surface area contributed by atoms with Gasteiger partial charge in [-0.2, -0.15) is 0 Å². The van der Waals surface area contributed by atoms with Gasteiger partial charge in [0.05, 0.1) is 0 Å². The van der Waals surface area contributed by atoms with E-state index in [4.69, 9.17) is 16.3 Å². The summed E-state index contributed by atoms with van der Waals surface area (Å²) >= 11 is 9.42. The van der Waals surface area contributed by atoms with E-state index in [2.05, 4.69) is 31.2 Å². The monoisotopic (exact) mass is 341 g/mol. The van der Waals surface area contributed by atoms with Crippen LogP contribution in [0.15, 0.2) is 28.7 Å². The highest BCUT2D eigenvalue weighted by atomic mass is 79.9. The number of nitrogens with one attached hydrogen (secondary N) is 1. The van der Waals surface area contributed by atoms with Crippen molar-refractivity contribution in [3.63, 3.8) is 0 Å². The van der Waals surface area contributed by atoms with E-state index in [0.717, 1.165) is 15.7 Å². The fourth-order valence-electron chi connectivity index (χ4n) is 1.59. The molecule has 0 aliphatic rings. The standard InChI is InChI=1S/C13H13BrClN3O/c1-8-5-9(3-4-10(8)14)16-12-6-11(15)17-13(18-12)7-19-2/h3-6H,7H2,1-2H3,(H,16,17,18). The van der Waals surface area contributed by atoms with Gasteiger partial charge in [0.15, 0.2) is 5.82 Å². The normalized spacial score (nSPS) is 10.5. The van der Waals surface area contributed by atoms with Crippen LogP contribution in [-0.4, -0.2) is 17.1 Å². The summed E-state index contributed by atoms with van der Waals surface area (Å²) in [7, 11) is 1.59. The van der Waals surface area contributed by atoms with Gasteiger partial charge in [0.25, 0.3) is 0 Å². The lowest BCUT2D eigenvalue weighted by Gasteiger charge is -2.09. The molecular weight excluding hydrogens is 330 g/mol. The molecule has 1 aromatic heterocycles. The van der Waals surface area contributed by atoms with E-state index in [0.29, 0.717) is 23.4 Å². The summed E-state index contributed by atoms with van der Waals surface area (Å²) in [5.74, 6) is 1.19. The second-order valence-electron chi connectivity index (χ2n) is 4.01. The Balaban J connectivity index is 2.24. The maximum absolute atomic E-state index is 5.95. The summed E-state index contributed by atoms with van der Waals surface area (Å²) in [6.07, 6.45) is 0. The van der Waals surface area contributed by atoms with E-state index in [1.54, 1.807) is 13.2 Å². The maximum atomic E-state index is 5.95. The number of aromatic nitrogens is 2. The molecule has 1 heterocycles. The Kier molecular flexibility index (Phi) is 4.74. The van der Waals surface area contributed by atoms with Crippen molar-refractivity contribution >= 4 is 39.0 Å². The average molecular weight is 343 g/mol. The van der Waals surface area contributed by atoms with Gasteiger partial charge in [-0.25, -0.2) is 9.97 Å². The number of nitrogens with zero attached hydrogens (tertiary/aromatic N) is 2. The number of hydrogen-bond acceptors (Lipinski definition) is 4. The molecule has 0 unspecified atom stereocenters. The molecule has 2 aromatic rings. The topological polar surface area (TPSA) is 47.0 Å². The Morgan fingerprint density at radius 2 is 2.11 bits per heavy atom. The largest absolute Gasteiger partial charge is 0.377 e. The summed E-state index contributed by atoms with van der Waals surface area (Å²) < 4.78 is 6.07. The molecule has 4 nitrogen and oxygen atoms in total. The third-order valence-corrected chi connectivity index (χ3v) is 3.53. The zero-order chi connectivity index (χ0) is 13.8. The molecule has 1 N–H and O–H groups in total. The lowest BCUT2D eigenvalue weighted by molar-refractivity contribution is 0.178. The smallest absolute Gasteiger partial charge is 0.158 e. The highest BCUT2D eigenvalue weighted by molar-refractivity contribution is 9.10. The summed E-state index contributed by atoms with van der Waals surface area (Å²) in [6, 6.07) is 7.65. The minimum absolute atomic E-state index is 0.328. The molecular formula is C13H13BrClN3O. The molecule has 0 aliphatic heterocycles. The molecule has 19 heavy (non-hydrogen) atoms. The van der Waals surface area contributed by atoms with Crippen LogP contribution in [0, 0.1) is 6.92 Å². The first-order chi connectivity index (χ1) is 9.08. The van der Waals surface area contributed by atoms with Crippen molar-refractivity contribution in [1.29, 1.82) is 0 Å². The van der Waals surface area contributed by atoms with Gasteiger partial charge in [-0.3, -0.25) is 0 Å². The lowest BCUT2D eigenvalue weighted by Crippen LogP contribution is -2.01. The molecule has 0 atom stereocenters. The predicted octanol–water partition coefficient (Wildman–Crippen LogP) is 4.09. The average Bonchev–Trinajstić information content (AvgIpc) is 2.33. The van der Waals surface area contributed by atoms with Crippen LogP contribution in [0.4, 0.5) is 11.5 Å². The lowest BCUT2D eigenvalue weighted by atomic mass is 10.2. The third-order valence-electron chi connectivity index (χ3n) is 2.44. The second kappa shape index (κ2) is 6.32. The van der Waals surface area contributed by atoms with Gasteiger partial charge in [-0.05, 0) is 30.7 Å². The first-order valence-corrected chi connectivity index (χ1v) is 6.81. The number of anilines is 2. The van der Waals surface area contributed by atoms with E-state index in [1.807, 2.05) is 25.1 Å². The van der Waals surface area contributed by atoms with Crippen LogP contribution >= 0.6 is 27.5 Å². The minimum Gasteiger partial charge on any atom is -0.377 e. The molecule has 0 aliphatic carbocycles. The van der Waals surface area contributed by atoms with Gasteiger partial charge in [0.1, 0.15) is 17.6 Å². The predicted molar refractivity (Wildman–Crippen MR) is 79.9 cm³/mol. The molecule has 6 heteroatoms. The van der Waals surface area contributed by atoms with E-state index in [1.165, 1.54) is 0 Å². The first-order valence-electron chi connectivity index (χ1n) is 5.64. The Bertz CT molecular complexity index is 592. The minimum atomic E-state index is 0.328. The number of hydrogen-bond donors (Lipinski definition) is 1. The number of rotatable bonds is 4. The Hall–Kier alpha value is -1.17. The molecule has 0 spiro atoms. The molecule has 100 valence electrons. The molecule has 0 bridgehead atoms. The van der Waals surface area contributed by atoms with Crippen molar-refractivity contribution < 1.29 is 4.74 Å².